The molecule has 2 aliphatic rings. The largest absolute Gasteiger partial charge is 0.348 e. The van der Waals surface area contributed by atoms with Gasteiger partial charge in [-0.15, -0.1) is 11.3 Å². The number of aryl methyl sites for hydroxylation is 2. The minimum atomic E-state index is 0.0152. The van der Waals surface area contributed by atoms with Crippen LogP contribution in [0.25, 0.3) is 10.6 Å². The topological polar surface area (TPSA) is 71.8 Å². The second-order valence-electron chi connectivity index (χ2n) is 6.62. The zero-order valence-corrected chi connectivity index (χ0v) is 14.2. The van der Waals surface area contributed by atoms with Gasteiger partial charge in [0.25, 0.3) is 5.91 Å². The average Bonchev–Trinajstić information content (AvgIpc) is 3.18. The number of carbonyl (C=O) groups is 1. The minimum Gasteiger partial charge on any atom is -0.348 e. The van der Waals surface area contributed by atoms with E-state index in [1.807, 2.05) is 20.2 Å². The Morgan fingerprint density at radius 2 is 2.13 bits per heavy atom. The number of piperidine rings is 1. The van der Waals surface area contributed by atoms with Gasteiger partial charge in [0.05, 0.1) is 11.9 Å². The van der Waals surface area contributed by atoms with Crippen molar-refractivity contribution in [3.63, 3.8) is 0 Å². The molecule has 0 saturated carbocycles. The molecule has 0 radical (unpaired) electrons. The van der Waals surface area contributed by atoms with Crippen molar-refractivity contribution in [2.24, 2.45) is 7.05 Å². The van der Waals surface area contributed by atoms with Gasteiger partial charge in [-0.3, -0.25) is 9.48 Å². The van der Waals surface area contributed by atoms with Gasteiger partial charge in [0.15, 0.2) is 0 Å². The number of thiazole rings is 1. The third-order valence-corrected chi connectivity index (χ3v) is 5.97. The van der Waals surface area contributed by atoms with E-state index >= 15 is 0 Å². The van der Waals surface area contributed by atoms with Gasteiger partial charge in [-0.25, -0.2) is 4.98 Å². The molecule has 122 valence electrons. The van der Waals surface area contributed by atoms with Gasteiger partial charge >= 0.3 is 0 Å². The van der Waals surface area contributed by atoms with Gasteiger partial charge in [-0.2, -0.15) is 5.10 Å². The molecule has 2 saturated heterocycles. The number of aromatic nitrogens is 3. The van der Waals surface area contributed by atoms with E-state index in [-0.39, 0.29) is 11.9 Å². The fraction of sp³-hybridized carbons (Fsp3) is 0.562. The smallest absolute Gasteiger partial charge is 0.263 e. The summed E-state index contributed by atoms with van der Waals surface area (Å²) in [6.07, 6.45) is 8.25. The van der Waals surface area contributed by atoms with Crippen LogP contribution < -0.4 is 10.6 Å². The number of nitrogens with zero attached hydrogens (tertiary/aromatic N) is 3. The third-order valence-electron chi connectivity index (χ3n) is 4.76. The summed E-state index contributed by atoms with van der Waals surface area (Å²) in [5.41, 5.74) is 1.75. The number of nitrogens with one attached hydrogen (secondary N) is 2. The van der Waals surface area contributed by atoms with Crippen LogP contribution >= 0.6 is 11.3 Å². The summed E-state index contributed by atoms with van der Waals surface area (Å²) in [4.78, 5) is 17.9. The van der Waals surface area contributed by atoms with Crippen LogP contribution in [0.5, 0.6) is 0 Å². The molecular weight excluding hydrogens is 310 g/mol. The molecule has 0 aromatic carbocycles. The normalized spacial score (nSPS) is 26.4. The van der Waals surface area contributed by atoms with Crippen LogP contribution in [0.3, 0.4) is 0 Å². The van der Waals surface area contributed by atoms with E-state index in [4.69, 9.17) is 0 Å². The summed E-state index contributed by atoms with van der Waals surface area (Å²) in [6, 6.07) is 1.43. The molecule has 1 amide bonds. The van der Waals surface area contributed by atoms with Crippen LogP contribution in [0.1, 0.15) is 41.0 Å². The fourth-order valence-electron chi connectivity index (χ4n) is 3.69. The molecule has 2 atom stereocenters. The highest BCUT2D eigenvalue weighted by atomic mass is 32.1. The van der Waals surface area contributed by atoms with E-state index < -0.39 is 0 Å². The highest BCUT2D eigenvalue weighted by Gasteiger charge is 2.34. The predicted molar refractivity (Wildman–Crippen MR) is 89.5 cm³/mol. The van der Waals surface area contributed by atoms with E-state index in [0.29, 0.717) is 12.1 Å². The van der Waals surface area contributed by atoms with Gasteiger partial charge in [0, 0.05) is 36.9 Å². The Morgan fingerprint density at radius 3 is 2.78 bits per heavy atom. The number of hydrogen-bond acceptors (Lipinski definition) is 5. The van der Waals surface area contributed by atoms with Crippen LogP contribution in [-0.4, -0.2) is 38.8 Å². The first-order valence-corrected chi connectivity index (χ1v) is 8.93. The molecule has 2 N–H and O–H groups in total. The van der Waals surface area contributed by atoms with Gasteiger partial charge in [0.1, 0.15) is 9.88 Å². The second kappa shape index (κ2) is 5.72. The number of carbonyl (C=O) groups excluding carboxylic acids is 1. The van der Waals surface area contributed by atoms with E-state index in [9.17, 15) is 4.79 Å². The number of rotatable bonds is 3. The highest BCUT2D eigenvalue weighted by molar-refractivity contribution is 7.17. The maximum absolute atomic E-state index is 12.6. The highest BCUT2D eigenvalue weighted by Crippen LogP contribution is 2.29. The maximum atomic E-state index is 12.6. The van der Waals surface area contributed by atoms with Crippen LogP contribution in [0.2, 0.25) is 0 Å². The van der Waals surface area contributed by atoms with Crippen molar-refractivity contribution in [2.75, 3.05) is 0 Å². The van der Waals surface area contributed by atoms with Crippen molar-refractivity contribution in [3.8, 4) is 10.6 Å². The molecule has 2 aliphatic heterocycles. The van der Waals surface area contributed by atoms with Crippen LogP contribution in [-0.2, 0) is 7.05 Å². The number of fused-ring (bicyclic) bond motifs is 2. The Kier molecular flexibility index (Phi) is 3.69. The first-order valence-electron chi connectivity index (χ1n) is 8.12. The zero-order chi connectivity index (χ0) is 16.0. The Bertz CT molecular complexity index is 725. The summed E-state index contributed by atoms with van der Waals surface area (Å²) < 4.78 is 1.75. The standard InChI is InChI=1S/C16H21N5OS/c1-9-14(23-16(18-9)10-7-17-21(2)8-10)15(22)20-13-5-11-3-4-12(6-13)19-11/h7-8,11-13,19H,3-6H2,1-2H3,(H,20,22). The maximum Gasteiger partial charge on any atom is 0.263 e. The average molecular weight is 331 g/mol. The predicted octanol–water partition coefficient (Wildman–Crippen LogP) is 1.86. The summed E-state index contributed by atoms with van der Waals surface area (Å²) >= 11 is 1.45. The molecule has 23 heavy (non-hydrogen) atoms. The van der Waals surface area contributed by atoms with E-state index in [2.05, 4.69) is 20.7 Å². The van der Waals surface area contributed by atoms with Crippen molar-refractivity contribution in [1.82, 2.24) is 25.4 Å². The van der Waals surface area contributed by atoms with Crippen molar-refractivity contribution >= 4 is 17.2 Å². The van der Waals surface area contributed by atoms with Gasteiger partial charge in [0.2, 0.25) is 0 Å². The lowest BCUT2D eigenvalue weighted by molar-refractivity contribution is 0.0927. The van der Waals surface area contributed by atoms with Gasteiger partial charge < -0.3 is 10.6 Å². The zero-order valence-electron chi connectivity index (χ0n) is 13.4. The molecule has 2 unspecified atom stereocenters. The summed E-state index contributed by atoms with van der Waals surface area (Å²) in [5.74, 6) is 0.0152. The Morgan fingerprint density at radius 1 is 1.39 bits per heavy atom. The lowest BCUT2D eigenvalue weighted by Crippen LogP contribution is -2.48. The Balaban J connectivity index is 1.49. The molecule has 6 nitrogen and oxygen atoms in total. The Labute approximate surface area is 139 Å². The van der Waals surface area contributed by atoms with Crippen LogP contribution in [0.4, 0.5) is 0 Å². The van der Waals surface area contributed by atoms with Crippen LogP contribution in [0.15, 0.2) is 12.4 Å². The molecular formula is C16H21N5OS. The van der Waals surface area contributed by atoms with Crippen molar-refractivity contribution < 1.29 is 4.79 Å². The number of amides is 1. The molecule has 2 aromatic heterocycles. The summed E-state index contributed by atoms with van der Waals surface area (Å²) in [6.45, 7) is 1.90. The SMILES string of the molecule is Cc1nc(-c2cnn(C)c2)sc1C(=O)NC1CC2CCC(C1)N2. The first kappa shape index (κ1) is 14.8. The lowest BCUT2D eigenvalue weighted by atomic mass is 10.00. The second-order valence-corrected chi connectivity index (χ2v) is 7.61. The van der Waals surface area contributed by atoms with Crippen molar-refractivity contribution in [2.45, 2.75) is 50.7 Å². The monoisotopic (exact) mass is 331 g/mol. The van der Waals surface area contributed by atoms with Crippen LogP contribution in [0, 0.1) is 6.92 Å². The first-order chi connectivity index (χ1) is 11.1. The van der Waals surface area contributed by atoms with Crippen molar-refractivity contribution in [3.05, 3.63) is 23.0 Å². The summed E-state index contributed by atoms with van der Waals surface area (Å²) in [5, 5.41) is 11.8. The summed E-state index contributed by atoms with van der Waals surface area (Å²) in [7, 11) is 1.88. The molecule has 4 rings (SSSR count). The molecule has 2 bridgehead atoms. The van der Waals surface area contributed by atoms with Gasteiger partial charge in [-0.1, -0.05) is 0 Å². The van der Waals surface area contributed by atoms with E-state index in [0.717, 1.165) is 34.0 Å². The number of hydrogen-bond donors (Lipinski definition) is 2. The molecule has 2 fully saturated rings. The molecule has 0 spiro atoms. The third kappa shape index (κ3) is 2.90. The minimum absolute atomic E-state index is 0.0152. The van der Waals surface area contributed by atoms with Gasteiger partial charge in [-0.05, 0) is 32.6 Å². The lowest BCUT2D eigenvalue weighted by Gasteiger charge is -2.29. The Hall–Kier alpha value is -1.73. The fourth-order valence-corrected chi connectivity index (χ4v) is 4.63. The van der Waals surface area contributed by atoms with Crippen molar-refractivity contribution in [1.29, 1.82) is 0 Å². The molecule has 7 heteroatoms. The molecule has 4 heterocycles. The quantitative estimate of drug-likeness (QED) is 0.900. The van der Waals surface area contributed by atoms with E-state index in [1.54, 1.807) is 10.9 Å². The molecule has 2 aromatic rings. The molecule has 0 aliphatic carbocycles. The van der Waals surface area contributed by atoms with E-state index in [1.165, 1.54) is 24.2 Å².